The summed E-state index contributed by atoms with van der Waals surface area (Å²) < 4.78 is 11.9. The molecule has 3 aliphatic rings. The summed E-state index contributed by atoms with van der Waals surface area (Å²) in [6.07, 6.45) is 0.955. The summed E-state index contributed by atoms with van der Waals surface area (Å²) in [6, 6.07) is 12.3. The van der Waals surface area contributed by atoms with Gasteiger partial charge < -0.3 is 30.1 Å². The number of nitrogens with one attached hydrogen (secondary N) is 2. The maximum atomic E-state index is 14.0. The number of hydrogen-bond donors (Lipinski definition) is 3. The van der Waals surface area contributed by atoms with E-state index in [2.05, 4.69) is 10.6 Å². The van der Waals surface area contributed by atoms with E-state index in [1.807, 2.05) is 13.8 Å². The lowest BCUT2D eigenvalue weighted by molar-refractivity contribution is -0.143. The van der Waals surface area contributed by atoms with Crippen molar-refractivity contribution in [2.45, 2.75) is 56.9 Å². The Kier molecular flexibility index (Phi) is 7.35. The molecule has 1 spiro atoms. The molecule has 3 saturated heterocycles. The highest BCUT2D eigenvalue weighted by Gasteiger charge is 2.75. The van der Waals surface area contributed by atoms with Crippen LogP contribution in [0.1, 0.15) is 33.1 Å². The van der Waals surface area contributed by atoms with Crippen molar-refractivity contribution in [3.8, 4) is 5.75 Å². The lowest BCUT2D eigenvalue weighted by Crippen LogP contribution is -2.56. The molecule has 2 unspecified atom stereocenters. The first-order valence-corrected chi connectivity index (χ1v) is 13.4. The molecule has 0 aromatic heterocycles. The van der Waals surface area contributed by atoms with Gasteiger partial charge in [0.05, 0.1) is 47.9 Å². The number of likely N-dealkylation sites (tertiary alicyclic amines) is 1. The summed E-state index contributed by atoms with van der Waals surface area (Å²) in [4.78, 5) is 42.8. The van der Waals surface area contributed by atoms with E-state index < -0.39 is 41.5 Å². The highest BCUT2D eigenvalue weighted by atomic mass is 35.5. The Balaban J connectivity index is 1.45. The van der Waals surface area contributed by atoms with Crippen molar-refractivity contribution in [1.82, 2.24) is 4.90 Å². The van der Waals surface area contributed by atoms with E-state index in [0.29, 0.717) is 48.0 Å². The van der Waals surface area contributed by atoms with Gasteiger partial charge in [0.25, 0.3) is 0 Å². The standard InChI is InChI=1S/C28H32ClN3O6/c1-3-17(15-33)32-24(26(35)31-20-8-6-5-7-19(20)29)28-14-13-21(38-28)22(23(28)27(32)36)25(34)30-16-9-11-18(12-10-16)37-4-2/h5-12,17,21-24,33H,3-4,13-15H2,1-2H3,(H,30,34)(H,31,35)/t17-,21+,22-,23-,24?,28?/m0/s1. The third-order valence-electron chi connectivity index (χ3n) is 7.93. The molecule has 6 atom stereocenters. The van der Waals surface area contributed by atoms with Crippen molar-refractivity contribution < 1.29 is 29.0 Å². The minimum atomic E-state index is -1.17. The molecule has 0 aliphatic carbocycles. The molecule has 3 heterocycles. The molecule has 3 aliphatic heterocycles. The molecule has 0 radical (unpaired) electrons. The number of hydrogen-bond acceptors (Lipinski definition) is 6. The van der Waals surface area contributed by atoms with E-state index in [0.717, 1.165) is 0 Å². The Morgan fingerprint density at radius 3 is 2.55 bits per heavy atom. The van der Waals surface area contributed by atoms with Crippen LogP contribution in [0.5, 0.6) is 5.75 Å². The molecule has 3 amide bonds. The van der Waals surface area contributed by atoms with Gasteiger partial charge in [0.2, 0.25) is 17.7 Å². The number of carbonyl (C=O) groups excluding carboxylic acids is 3. The van der Waals surface area contributed by atoms with E-state index in [4.69, 9.17) is 21.1 Å². The van der Waals surface area contributed by atoms with Crippen LogP contribution in [0.15, 0.2) is 48.5 Å². The Morgan fingerprint density at radius 1 is 1.16 bits per heavy atom. The van der Waals surface area contributed by atoms with Crippen LogP contribution >= 0.6 is 11.6 Å². The number of para-hydroxylation sites is 1. The molecule has 10 heteroatoms. The van der Waals surface area contributed by atoms with Crippen molar-refractivity contribution in [2.75, 3.05) is 23.8 Å². The lowest BCUT2D eigenvalue weighted by Gasteiger charge is -2.36. The van der Waals surface area contributed by atoms with E-state index in [1.54, 1.807) is 48.5 Å². The Hall–Kier alpha value is -3.14. The molecule has 38 heavy (non-hydrogen) atoms. The number of fused-ring (bicyclic) bond motifs is 1. The molecule has 9 nitrogen and oxygen atoms in total. The number of benzene rings is 2. The summed E-state index contributed by atoms with van der Waals surface area (Å²) in [7, 11) is 0. The maximum absolute atomic E-state index is 14.0. The van der Waals surface area contributed by atoms with Crippen molar-refractivity contribution in [1.29, 1.82) is 0 Å². The first kappa shape index (κ1) is 26.5. The number of halogens is 1. The normalized spacial score (nSPS) is 28.2. The van der Waals surface area contributed by atoms with Crippen LogP contribution in [0.3, 0.4) is 0 Å². The molecule has 202 valence electrons. The Bertz CT molecular complexity index is 1220. The van der Waals surface area contributed by atoms with Gasteiger partial charge in [0.1, 0.15) is 17.4 Å². The Labute approximate surface area is 226 Å². The zero-order chi connectivity index (χ0) is 27.0. The zero-order valence-electron chi connectivity index (χ0n) is 21.4. The molecule has 2 bridgehead atoms. The fourth-order valence-corrected chi connectivity index (χ4v) is 6.47. The van der Waals surface area contributed by atoms with Crippen LogP contribution in [0, 0.1) is 11.8 Å². The fraction of sp³-hybridized carbons (Fsp3) is 0.464. The Morgan fingerprint density at radius 2 is 1.89 bits per heavy atom. The van der Waals surface area contributed by atoms with Crippen LogP contribution in [0.2, 0.25) is 5.02 Å². The monoisotopic (exact) mass is 541 g/mol. The van der Waals surface area contributed by atoms with E-state index in [1.165, 1.54) is 4.90 Å². The fourth-order valence-electron chi connectivity index (χ4n) is 6.29. The second kappa shape index (κ2) is 10.6. The second-order valence-corrected chi connectivity index (χ2v) is 10.4. The zero-order valence-corrected chi connectivity index (χ0v) is 22.1. The van der Waals surface area contributed by atoms with Crippen LogP contribution in [-0.2, 0) is 19.1 Å². The SMILES string of the molecule is CCOc1ccc(NC(=O)[C@@H]2[C@H]3C(=O)N([C@@H](CC)CO)C(C(=O)Nc4ccccc4Cl)C34CC[C@H]2O4)cc1. The highest BCUT2D eigenvalue weighted by Crippen LogP contribution is 2.59. The highest BCUT2D eigenvalue weighted by molar-refractivity contribution is 6.33. The minimum Gasteiger partial charge on any atom is -0.494 e. The molecule has 5 rings (SSSR count). The summed E-state index contributed by atoms with van der Waals surface area (Å²) in [5, 5.41) is 16.3. The largest absolute Gasteiger partial charge is 0.494 e. The first-order valence-electron chi connectivity index (χ1n) is 13.0. The van der Waals surface area contributed by atoms with Gasteiger partial charge in [-0.15, -0.1) is 0 Å². The minimum absolute atomic E-state index is 0.312. The predicted octanol–water partition coefficient (Wildman–Crippen LogP) is 3.46. The smallest absolute Gasteiger partial charge is 0.250 e. The number of carbonyl (C=O) groups is 3. The van der Waals surface area contributed by atoms with Gasteiger partial charge in [-0.05, 0) is 62.6 Å². The van der Waals surface area contributed by atoms with Gasteiger partial charge in [-0.1, -0.05) is 30.7 Å². The molecule has 0 saturated carbocycles. The van der Waals surface area contributed by atoms with Gasteiger partial charge >= 0.3 is 0 Å². The molecule has 2 aromatic rings. The molecule has 3 fully saturated rings. The van der Waals surface area contributed by atoms with Crippen LogP contribution in [0.25, 0.3) is 0 Å². The third kappa shape index (κ3) is 4.32. The first-order chi connectivity index (χ1) is 18.3. The molecular weight excluding hydrogens is 510 g/mol. The maximum Gasteiger partial charge on any atom is 0.250 e. The van der Waals surface area contributed by atoms with Gasteiger partial charge in [-0.3, -0.25) is 14.4 Å². The van der Waals surface area contributed by atoms with Gasteiger partial charge in [-0.25, -0.2) is 0 Å². The molecule has 3 N–H and O–H groups in total. The topological polar surface area (TPSA) is 117 Å². The summed E-state index contributed by atoms with van der Waals surface area (Å²) in [6.45, 7) is 3.96. The van der Waals surface area contributed by atoms with E-state index >= 15 is 0 Å². The quantitative estimate of drug-likeness (QED) is 0.447. The average molecular weight is 542 g/mol. The molecular formula is C28H32ClN3O6. The van der Waals surface area contributed by atoms with Crippen molar-refractivity contribution in [3.05, 3.63) is 53.6 Å². The third-order valence-corrected chi connectivity index (χ3v) is 8.26. The number of anilines is 2. The predicted molar refractivity (Wildman–Crippen MR) is 142 cm³/mol. The van der Waals surface area contributed by atoms with Crippen LogP contribution < -0.4 is 15.4 Å². The van der Waals surface area contributed by atoms with E-state index in [9.17, 15) is 19.5 Å². The molecule has 2 aromatic carbocycles. The van der Waals surface area contributed by atoms with Crippen LogP contribution in [-0.4, -0.2) is 64.7 Å². The summed E-state index contributed by atoms with van der Waals surface area (Å²) >= 11 is 6.29. The van der Waals surface area contributed by atoms with Crippen molar-refractivity contribution in [3.63, 3.8) is 0 Å². The van der Waals surface area contributed by atoms with Gasteiger partial charge in [-0.2, -0.15) is 0 Å². The number of nitrogens with zero attached hydrogens (tertiary/aromatic N) is 1. The second-order valence-electron chi connectivity index (χ2n) is 9.96. The van der Waals surface area contributed by atoms with Gasteiger partial charge in [0.15, 0.2) is 0 Å². The number of aliphatic hydroxyl groups excluding tert-OH is 1. The summed E-state index contributed by atoms with van der Waals surface area (Å²) in [5.74, 6) is -2.04. The van der Waals surface area contributed by atoms with E-state index in [-0.39, 0.29) is 18.4 Å². The average Bonchev–Trinajstić information content (AvgIpc) is 3.55. The number of rotatable bonds is 9. The van der Waals surface area contributed by atoms with Crippen molar-refractivity contribution in [2.24, 2.45) is 11.8 Å². The number of amides is 3. The van der Waals surface area contributed by atoms with Crippen molar-refractivity contribution >= 4 is 40.7 Å². The summed E-state index contributed by atoms with van der Waals surface area (Å²) in [5.41, 5.74) is -0.176. The van der Waals surface area contributed by atoms with Gasteiger partial charge in [0, 0.05) is 5.69 Å². The number of ether oxygens (including phenoxy) is 2. The number of aliphatic hydroxyl groups is 1. The van der Waals surface area contributed by atoms with Crippen LogP contribution in [0.4, 0.5) is 11.4 Å². The lowest BCUT2D eigenvalue weighted by atomic mass is 9.70.